The molecule has 2 aromatic carbocycles. The Morgan fingerprint density at radius 1 is 0.969 bits per heavy atom. The second-order valence-corrected chi connectivity index (χ2v) is 7.98. The number of ketones is 1. The molecule has 3 N–H and O–H groups in total. The number of allylic oxidation sites excluding steroid dienone is 2. The lowest BCUT2D eigenvalue weighted by Gasteiger charge is -2.34. The van der Waals surface area contributed by atoms with Gasteiger partial charge in [-0.15, -0.1) is 0 Å². The van der Waals surface area contributed by atoms with Crippen LogP contribution in [0.3, 0.4) is 0 Å². The molecule has 164 valence electrons. The fourth-order valence-electron chi connectivity index (χ4n) is 4.78. The van der Waals surface area contributed by atoms with Gasteiger partial charge in [0.05, 0.1) is 25.7 Å². The van der Waals surface area contributed by atoms with Crippen LogP contribution in [0.4, 0.5) is 10.2 Å². The van der Waals surface area contributed by atoms with Crippen LogP contribution in [0.15, 0.2) is 58.5 Å². The van der Waals surface area contributed by atoms with E-state index in [1.54, 1.807) is 32.4 Å². The molecule has 5 rings (SSSR count). The minimum Gasteiger partial charge on any atom is -0.493 e. The Bertz CT molecular complexity index is 1310. The van der Waals surface area contributed by atoms with E-state index in [9.17, 15) is 14.0 Å². The van der Waals surface area contributed by atoms with Gasteiger partial charge in [0.15, 0.2) is 17.3 Å². The maximum atomic E-state index is 14.8. The predicted molar refractivity (Wildman–Crippen MR) is 117 cm³/mol. The minimum absolute atomic E-state index is 0.0953. The molecular weight excluding hydrogens is 413 g/mol. The van der Waals surface area contributed by atoms with Crippen LogP contribution in [-0.4, -0.2) is 30.2 Å². The number of H-pyrrole nitrogens is 2. The van der Waals surface area contributed by atoms with Gasteiger partial charge in [-0.25, -0.2) is 4.39 Å². The van der Waals surface area contributed by atoms with Gasteiger partial charge in [0, 0.05) is 23.3 Å². The molecule has 0 unspecified atom stereocenters. The summed E-state index contributed by atoms with van der Waals surface area (Å²) in [5.41, 5.74) is 2.35. The van der Waals surface area contributed by atoms with Crippen LogP contribution in [0, 0.1) is 5.82 Å². The van der Waals surface area contributed by atoms with Gasteiger partial charge in [-0.05, 0) is 36.1 Å². The van der Waals surface area contributed by atoms with Crippen molar-refractivity contribution in [1.29, 1.82) is 0 Å². The van der Waals surface area contributed by atoms with Gasteiger partial charge in [-0.3, -0.25) is 19.8 Å². The fourth-order valence-corrected chi connectivity index (χ4v) is 4.78. The molecule has 0 saturated heterocycles. The van der Waals surface area contributed by atoms with E-state index in [2.05, 4.69) is 15.5 Å². The Morgan fingerprint density at radius 3 is 2.50 bits per heavy atom. The Kier molecular flexibility index (Phi) is 4.84. The van der Waals surface area contributed by atoms with Crippen molar-refractivity contribution >= 4 is 11.6 Å². The predicted octanol–water partition coefficient (Wildman–Crippen LogP) is 3.82. The number of hydrogen-bond donors (Lipinski definition) is 3. The Hall–Kier alpha value is -3.81. The van der Waals surface area contributed by atoms with Crippen molar-refractivity contribution in [1.82, 2.24) is 10.2 Å². The highest BCUT2D eigenvalue weighted by atomic mass is 19.1. The topological polar surface area (TPSA) is 96.2 Å². The number of aromatic nitrogens is 2. The molecule has 0 fully saturated rings. The average Bonchev–Trinajstić information content (AvgIpc) is 3.17. The zero-order valence-electron chi connectivity index (χ0n) is 17.6. The number of Topliss-reactive ketones (excluding diaryl/α,β-unsaturated/α-hetero) is 1. The first-order valence-electron chi connectivity index (χ1n) is 10.3. The van der Waals surface area contributed by atoms with Crippen molar-refractivity contribution in [2.24, 2.45) is 0 Å². The van der Waals surface area contributed by atoms with E-state index >= 15 is 0 Å². The lowest BCUT2D eigenvalue weighted by molar-refractivity contribution is -0.116. The lowest BCUT2D eigenvalue weighted by atomic mass is 9.72. The number of aromatic amines is 2. The summed E-state index contributed by atoms with van der Waals surface area (Å²) >= 11 is 0. The minimum atomic E-state index is -0.767. The number of methoxy groups -OCH3 is 2. The molecule has 7 nitrogen and oxygen atoms in total. The number of anilines is 1. The van der Waals surface area contributed by atoms with Crippen LogP contribution in [0.2, 0.25) is 0 Å². The van der Waals surface area contributed by atoms with E-state index in [0.717, 1.165) is 5.56 Å². The van der Waals surface area contributed by atoms with Crippen molar-refractivity contribution in [3.05, 3.63) is 86.6 Å². The molecule has 0 bridgehead atoms. The van der Waals surface area contributed by atoms with E-state index in [0.29, 0.717) is 46.1 Å². The molecule has 2 aliphatic rings. The number of fused-ring (bicyclic) bond motifs is 1. The molecule has 1 aromatic heterocycles. The van der Waals surface area contributed by atoms with E-state index in [1.165, 1.54) is 6.07 Å². The van der Waals surface area contributed by atoms with Gasteiger partial charge in [0.2, 0.25) is 0 Å². The van der Waals surface area contributed by atoms with Gasteiger partial charge >= 0.3 is 0 Å². The molecule has 0 radical (unpaired) electrons. The van der Waals surface area contributed by atoms with Crippen LogP contribution >= 0.6 is 0 Å². The highest BCUT2D eigenvalue weighted by molar-refractivity contribution is 6.01. The zero-order chi connectivity index (χ0) is 22.4. The van der Waals surface area contributed by atoms with Crippen LogP contribution < -0.4 is 20.3 Å². The van der Waals surface area contributed by atoms with Crippen LogP contribution in [0.1, 0.15) is 41.4 Å². The first-order valence-corrected chi connectivity index (χ1v) is 10.3. The highest BCUT2D eigenvalue weighted by Gasteiger charge is 2.41. The lowest BCUT2D eigenvalue weighted by Crippen LogP contribution is -2.31. The Balaban J connectivity index is 1.60. The van der Waals surface area contributed by atoms with Gasteiger partial charge in [-0.2, -0.15) is 0 Å². The first kappa shape index (κ1) is 20.1. The number of carbonyl (C=O) groups excluding carboxylic acids is 1. The molecule has 0 saturated carbocycles. The summed E-state index contributed by atoms with van der Waals surface area (Å²) in [5, 5.41) is 8.60. The number of benzene rings is 2. The highest BCUT2D eigenvalue weighted by Crippen LogP contribution is 2.47. The average molecular weight is 435 g/mol. The van der Waals surface area contributed by atoms with Crippen molar-refractivity contribution in [3.63, 3.8) is 0 Å². The molecule has 0 spiro atoms. The van der Waals surface area contributed by atoms with E-state index < -0.39 is 11.7 Å². The third-order valence-electron chi connectivity index (χ3n) is 6.27. The molecule has 2 heterocycles. The molecule has 1 aliphatic carbocycles. The molecular formula is C24H22FN3O4. The van der Waals surface area contributed by atoms with Gasteiger partial charge in [0.1, 0.15) is 11.6 Å². The van der Waals surface area contributed by atoms with Gasteiger partial charge < -0.3 is 14.8 Å². The third kappa shape index (κ3) is 3.10. The van der Waals surface area contributed by atoms with E-state index in [1.807, 2.05) is 18.2 Å². The largest absolute Gasteiger partial charge is 0.493 e. The number of ether oxygens (including phenoxy) is 2. The molecule has 2 atom stereocenters. The number of nitrogens with one attached hydrogen (secondary N) is 3. The summed E-state index contributed by atoms with van der Waals surface area (Å²) < 4.78 is 25.5. The van der Waals surface area contributed by atoms with Crippen LogP contribution in [-0.2, 0) is 4.79 Å². The summed E-state index contributed by atoms with van der Waals surface area (Å²) in [7, 11) is 3.14. The second-order valence-electron chi connectivity index (χ2n) is 7.98. The Morgan fingerprint density at radius 2 is 1.75 bits per heavy atom. The normalized spacial score (nSPS) is 19.8. The van der Waals surface area contributed by atoms with Crippen molar-refractivity contribution in [2.45, 2.75) is 24.7 Å². The van der Waals surface area contributed by atoms with Gasteiger partial charge in [0.25, 0.3) is 5.56 Å². The number of rotatable bonds is 4. The SMILES string of the molecule is COc1ccc([C@@H]2CC(=O)C3=C(C2)Nc2[nH][nH]c(=O)c2[C@H]3c2ccccc2F)cc1OC. The molecule has 32 heavy (non-hydrogen) atoms. The fraction of sp³-hybridized carbons (Fsp3) is 0.250. The van der Waals surface area contributed by atoms with Crippen molar-refractivity contribution < 1.29 is 18.7 Å². The van der Waals surface area contributed by atoms with E-state index in [4.69, 9.17) is 9.47 Å². The van der Waals surface area contributed by atoms with Crippen molar-refractivity contribution in [2.75, 3.05) is 19.5 Å². The smallest absolute Gasteiger partial charge is 0.270 e. The number of carbonyl (C=O) groups is 1. The summed E-state index contributed by atoms with van der Waals surface area (Å²) in [6.45, 7) is 0. The molecule has 0 amide bonds. The zero-order valence-corrected chi connectivity index (χ0v) is 17.6. The summed E-state index contributed by atoms with van der Waals surface area (Å²) in [4.78, 5) is 26.0. The van der Waals surface area contributed by atoms with Crippen LogP contribution in [0.25, 0.3) is 0 Å². The van der Waals surface area contributed by atoms with Crippen molar-refractivity contribution in [3.8, 4) is 11.5 Å². The first-order chi connectivity index (χ1) is 15.5. The number of halogens is 1. The molecule has 3 aromatic rings. The standard InChI is InChI=1S/C24H22FN3O4/c1-31-18-8-7-12(11-19(18)32-2)13-9-16-21(17(29)10-13)20(14-5-3-4-6-15(14)25)22-23(26-16)27-28-24(22)30/h3-8,11,13,20H,9-10H2,1-2H3,(H3,26,27,28,30)/t13-,20-/m0/s1. The Labute approximate surface area is 183 Å². The summed E-state index contributed by atoms with van der Waals surface area (Å²) in [5.74, 6) is 0.241. The van der Waals surface area contributed by atoms with E-state index in [-0.39, 0.29) is 23.7 Å². The number of hydrogen-bond acceptors (Lipinski definition) is 5. The molecule has 1 aliphatic heterocycles. The maximum absolute atomic E-state index is 14.8. The summed E-state index contributed by atoms with van der Waals surface area (Å²) in [6.07, 6.45) is 0.784. The van der Waals surface area contributed by atoms with Crippen LogP contribution in [0.5, 0.6) is 11.5 Å². The maximum Gasteiger partial charge on any atom is 0.270 e. The quantitative estimate of drug-likeness (QED) is 0.579. The second kappa shape index (κ2) is 7.71. The monoisotopic (exact) mass is 435 g/mol. The molecule has 8 heteroatoms. The summed E-state index contributed by atoms with van der Waals surface area (Å²) in [6, 6.07) is 11.9. The van der Waals surface area contributed by atoms with Gasteiger partial charge in [-0.1, -0.05) is 24.3 Å². The third-order valence-corrected chi connectivity index (χ3v) is 6.27.